The molecule has 0 fully saturated rings. The first-order chi connectivity index (χ1) is 7.52. The Morgan fingerprint density at radius 2 is 2.06 bits per heavy atom. The molecule has 1 aromatic rings. The highest BCUT2D eigenvalue weighted by molar-refractivity contribution is 6.33. The van der Waals surface area contributed by atoms with Crippen molar-refractivity contribution in [2.24, 2.45) is 5.73 Å². The van der Waals surface area contributed by atoms with Crippen LogP contribution in [-0.2, 0) is 4.79 Å². The molecule has 6 heteroatoms. The Bertz CT molecular complexity index is 421. The van der Waals surface area contributed by atoms with E-state index in [9.17, 15) is 9.59 Å². The molecule has 0 atom stereocenters. The molecule has 1 rings (SSSR count). The van der Waals surface area contributed by atoms with Crippen LogP contribution in [0.1, 0.15) is 16.8 Å². The molecule has 0 radical (unpaired) electrons. The maximum absolute atomic E-state index is 11.6. The average molecular weight is 242 g/mol. The van der Waals surface area contributed by atoms with E-state index in [1.54, 1.807) is 18.2 Å². The number of hydrogen-bond acceptors (Lipinski definition) is 3. The number of anilines is 1. The van der Waals surface area contributed by atoms with Gasteiger partial charge in [0.1, 0.15) is 0 Å². The molecule has 0 aliphatic carbocycles. The Labute approximate surface area is 97.7 Å². The third kappa shape index (κ3) is 3.13. The number of hydrogen-bond donors (Lipinski definition) is 3. The van der Waals surface area contributed by atoms with Gasteiger partial charge in [0.25, 0.3) is 5.91 Å². The van der Waals surface area contributed by atoms with Crippen LogP contribution in [0, 0.1) is 0 Å². The van der Waals surface area contributed by atoms with E-state index in [1.807, 2.05) is 0 Å². The largest absolute Gasteiger partial charge is 0.397 e. The SMILES string of the molecule is NC(=O)CCNC(=O)c1cccc(Cl)c1N. The van der Waals surface area contributed by atoms with E-state index in [1.165, 1.54) is 0 Å². The number of amides is 2. The second-order valence-electron chi connectivity index (χ2n) is 3.17. The molecule has 86 valence electrons. The maximum Gasteiger partial charge on any atom is 0.253 e. The molecule has 5 N–H and O–H groups in total. The maximum atomic E-state index is 11.6. The minimum atomic E-state index is -0.473. The minimum absolute atomic E-state index is 0.0895. The summed E-state index contributed by atoms with van der Waals surface area (Å²) in [6.07, 6.45) is 0.0895. The van der Waals surface area contributed by atoms with Crippen molar-refractivity contribution in [1.29, 1.82) is 0 Å². The lowest BCUT2D eigenvalue weighted by molar-refractivity contribution is -0.117. The number of primary amides is 1. The van der Waals surface area contributed by atoms with Crippen molar-refractivity contribution >= 4 is 29.1 Å². The van der Waals surface area contributed by atoms with Gasteiger partial charge in [0.2, 0.25) is 5.91 Å². The van der Waals surface area contributed by atoms with Crippen molar-refractivity contribution in [1.82, 2.24) is 5.32 Å². The summed E-state index contributed by atoms with van der Waals surface area (Å²) < 4.78 is 0. The van der Waals surface area contributed by atoms with Crippen LogP contribution in [0.5, 0.6) is 0 Å². The summed E-state index contributed by atoms with van der Waals surface area (Å²) in [6.45, 7) is 0.181. The predicted molar refractivity (Wildman–Crippen MR) is 62.0 cm³/mol. The highest BCUT2D eigenvalue weighted by atomic mass is 35.5. The van der Waals surface area contributed by atoms with Crippen LogP contribution in [0.4, 0.5) is 5.69 Å². The topological polar surface area (TPSA) is 98.2 Å². The van der Waals surface area contributed by atoms with E-state index in [4.69, 9.17) is 23.1 Å². The van der Waals surface area contributed by atoms with Crippen LogP contribution in [0.2, 0.25) is 5.02 Å². The molecule has 5 nitrogen and oxygen atoms in total. The van der Waals surface area contributed by atoms with E-state index < -0.39 is 5.91 Å². The Kier molecular flexibility index (Phi) is 4.13. The Hall–Kier alpha value is -1.75. The first-order valence-electron chi connectivity index (χ1n) is 4.63. The zero-order valence-electron chi connectivity index (χ0n) is 8.50. The first-order valence-corrected chi connectivity index (χ1v) is 5.00. The van der Waals surface area contributed by atoms with Gasteiger partial charge in [-0.15, -0.1) is 0 Å². The van der Waals surface area contributed by atoms with Crippen LogP contribution in [0.15, 0.2) is 18.2 Å². The van der Waals surface area contributed by atoms with Gasteiger partial charge in [0.05, 0.1) is 16.3 Å². The molecule has 1 aromatic carbocycles. The molecule has 0 heterocycles. The predicted octanol–water partition coefficient (Wildman–Crippen LogP) is 0.527. The second-order valence-corrected chi connectivity index (χ2v) is 3.58. The van der Waals surface area contributed by atoms with Gasteiger partial charge in [-0.05, 0) is 12.1 Å². The van der Waals surface area contributed by atoms with Gasteiger partial charge < -0.3 is 16.8 Å². The molecule has 0 spiro atoms. The summed E-state index contributed by atoms with van der Waals surface area (Å²) in [7, 11) is 0. The number of carbonyl (C=O) groups is 2. The quantitative estimate of drug-likeness (QED) is 0.671. The van der Waals surface area contributed by atoms with E-state index in [-0.39, 0.29) is 30.1 Å². The molecular weight excluding hydrogens is 230 g/mol. The normalized spacial score (nSPS) is 9.81. The number of para-hydroxylation sites is 1. The molecule has 0 aromatic heterocycles. The molecule has 0 unspecified atom stereocenters. The summed E-state index contributed by atoms with van der Waals surface area (Å²) >= 11 is 5.76. The number of benzene rings is 1. The lowest BCUT2D eigenvalue weighted by Gasteiger charge is -2.07. The van der Waals surface area contributed by atoms with Gasteiger partial charge >= 0.3 is 0 Å². The molecule has 2 amide bonds. The van der Waals surface area contributed by atoms with Crippen molar-refractivity contribution in [2.45, 2.75) is 6.42 Å². The molecule has 0 saturated carbocycles. The third-order valence-electron chi connectivity index (χ3n) is 1.95. The van der Waals surface area contributed by atoms with Gasteiger partial charge in [0.15, 0.2) is 0 Å². The zero-order valence-corrected chi connectivity index (χ0v) is 9.25. The Morgan fingerprint density at radius 3 is 2.69 bits per heavy atom. The number of nitrogens with two attached hydrogens (primary N) is 2. The fourth-order valence-electron chi connectivity index (χ4n) is 1.13. The standard InChI is InChI=1S/C10H12ClN3O2/c11-7-3-1-2-6(9(7)13)10(16)14-5-4-8(12)15/h1-3H,4-5,13H2,(H2,12,15)(H,14,16). The van der Waals surface area contributed by atoms with Crippen molar-refractivity contribution in [3.8, 4) is 0 Å². The number of nitrogens with one attached hydrogen (secondary N) is 1. The summed E-state index contributed by atoms with van der Waals surface area (Å²) in [5, 5.41) is 2.84. The average Bonchev–Trinajstić information content (AvgIpc) is 2.21. The molecule has 0 aliphatic rings. The van der Waals surface area contributed by atoms with Crippen molar-refractivity contribution in [2.75, 3.05) is 12.3 Å². The second kappa shape index (κ2) is 5.37. The monoisotopic (exact) mass is 241 g/mol. The fourth-order valence-corrected chi connectivity index (χ4v) is 1.30. The summed E-state index contributed by atoms with van der Waals surface area (Å²) in [5.41, 5.74) is 11.1. The van der Waals surface area contributed by atoms with Gasteiger partial charge in [0, 0.05) is 13.0 Å². The van der Waals surface area contributed by atoms with Crippen molar-refractivity contribution in [3.05, 3.63) is 28.8 Å². The molecule has 16 heavy (non-hydrogen) atoms. The third-order valence-corrected chi connectivity index (χ3v) is 2.28. The molecular formula is C10H12ClN3O2. The summed E-state index contributed by atoms with van der Waals surface area (Å²) in [6, 6.07) is 4.78. The Morgan fingerprint density at radius 1 is 1.38 bits per heavy atom. The van der Waals surface area contributed by atoms with Gasteiger partial charge in [-0.2, -0.15) is 0 Å². The van der Waals surface area contributed by atoms with Crippen LogP contribution >= 0.6 is 11.6 Å². The van der Waals surface area contributed by atoms with Gasteiger partial charge in [-0.3, -0.25) is 9.59 Å². The van der Waals surface area contributed by atoms with Crippen LogP contribution in [0.3, 0.4) is 0 Å². The molecule has 0 aliphatic heterocycles. The van der Waals surface area contributed by atoms with Crippen LogP contribution in [-0.4, -0.2) is 18.4 Å². The fraction of sp³-hybridized carbons (Fsp3) is 0.200. The van der Waals surface area contributed by atoms with Crippen LogP contribution in [0.25, 0.3) is 0 Å². The van der Waals surface area contributed by atoms with Crippen molar-refractivity contribution in [3.63, 3.8) is 0 Å². The minimum Gasteiger partial charge on any atom is -0.397 e. The number of halogens is 1. The lowest BCUT2D eigenvalue weighted by Crippen LogP contribution is -2.28. The van der Waals surface area contributed by atoms with E-state index >= 15 is 0 Å². The van der Waals surface area contributed by atoms with Gasteiger partial charge in [-0.1, -0.05) is 17.7 Å². The highest BCUT2D eigenvalue weighted by Crippen LogP contribution is 2.21. The number of rotatable bonds is 4. The van der Waals surface area contributed by atoms with E-state index in [0.717, 1.165) is 0 Å². The smallest absolute Gasteiger partial charge is 0.253 e. The summed E-state index contributed by atoms with van der Waals surface area (Å²) in [5.74, 6) is -0.847. The Balaban J connectivity index is 2.66. The zero-order chi connectivity index (χ0) is 12.1. The molecule has 0 saturated heterocycles. The van der Waals surface area contributed by atoms with Crippen molar-refractivity contribution < 1.29 is 9.59 Å². The van der Waals surface area contributed by atoms with E-state index in [2.05, 4.69) is 5.32 Å². The first kappa shape index (κ1) is 12.3. The van der Waals surface area contributed by atoms with Gasteiger partial charge in [-0.25, -0.2) is 0 Å². The number of nitrogen functional groups attached to an aromatic ring is 1. The highest BCUT2D eigenvalue weighted by Gasteiger charge is 2.11. The lowest BCUT2D eigenvalue weighted by atomic mass is 10.1. The van der Waals surface area contributed by atoms with E-state index in [0.29, 0.717) is 5.02 Å². The number of carbonyl (C=O) groups excluding carboxylic acids is 2. The molecule has 0 bridgehead atoms. The van der Waals surface area contributed by atoms with Crippen LogP contribution < -0.4 is 16.8 Å². The summed E-state index contributed by atoms with van der Waals surface area (Å²) in [4.78, 5) is 22.1.